The fourth-order valence-corrected chi connectivity index (χ4v) is 2.20. The summed E-state index contributed by atoms with van der Waals surface area (Å²) in [7, 11) is 6.03. The van der Waals surface area contributed by atoms with Crippen LogP contribution >= 0.6 is 0 Å². The topological polar surface area (TPSA) is 32.8 Å². The first-order chi connectivity index (χ1) is 7.49. The number of esters is 1. The molecule has 0 bridgehead atoms. The number of hydrogen-bond acceptors (Lipinski definition) is 4. The summed E-state index contributed by atoms with van der Waals surface area (Å²) >= 11 is 0. The Morgan fingerprint density at radius 1 is 1.56 bits per heavy atom. The number of nitrogens with zero attached hydrogens (tertiary/aromatic N) is 2. The quantitative estimate of drug-likeness (QED) is 0.667. The molecule has 0 saturated carbocycles. The Bertz CT molecular complexity index is 231. The third-order valence-corrected chi connectivity index (χ3v) is 2.90. The molecule has 4 heteroatoms. The van der Waals surface area contributed by atoms with Gasteiger partial charge in [0.1, 0.15) is 6.10 Å². The lowest BCUT2D eigenvalue weighted by Gasteiger charge is -2.29. The largest absolute Gasteiger partial charge is 0.461 e. The molecule has 16 heavy (non-hydrogen) atoms. The van der Waals surface area contributed by atoms with Crippen molar-refractivity contribution < 1.29 is 9.53 Å². The Hall–Kier alpha value is -0.610. The van der Waals surface area contributed by atoms with Gasteiger partial charge < -0.3 is 14.5 Å². The van der Waals surface area contributed by atoms with Crippen LogP contribution in [0.25, 0.3) is 0 Å². The van der Waals surface area contributed by atoms with Gasteiger partial charge in [0.2, 0.25) is 0 Å². The number of likely N-dealkylation sites (N-methyl/N-ethyl adjacent to an activating group) is 1. The molecule has 1 fully saturated rings. The number of carbonyl (C=O) groups excluding carboxylic acids is 1. The minimum atomic E-state index is -0.0269. The predicted octanol–water partition coefficient (Wildman–Crippen LogP) is 0.821. The van der Waals surface area contributed by atoms with Gasteiger partial charge in [0.05, 0.1) is 5.92 Å². The molecule has 1 aliphatic rings. The first kappa shape index (κ1) is 13.5. The second kappa shape index (κ2) is 6.21. The predicted molar refractivity (Wildman–Crippen MR) is 64.3 cm³/mol. The highest BCUT2D eigenvalue weighted by atomic mass is 16.5. The molecule has 0 aliphatic carbocycles. The molecule has 1 heterocycles. The van der Waals surface area contributed by atoms with Crippen LogP contribution in [-0.4, -0.2) is 62.7 Å². The van der Waals surface area contributed by atoms with E-state index in [-0.39, 0.29) is 18.0 Å². The Kier molecular flexibility index (Phi) is 5.22. The van der Waals surface area contributed by atoms with Crippen LogP contribution in [0.15, 0.2) is 0 Å². The van der Waals surface area contributed by atoms with Crippen molar-refractivity contribution in [3.05, 3.63) is 0 Å². The zero-order chi connectivity index (χ0) is 12.1. The number of ether oxygens (including phenoxy) is 1. The van der Waals surface area contributed by atoms with Crippen LogP contribution < -0.4 is 0 Å². The van der Waals surface area contributed by atoms with Gasteiger partial charge in [-0.2, -0.15) is 0 Å². The van der Waals surface area contributed by atoms with Crippen molar-refractivity contribution in [3.63, 3.8) is 0 Å². The van der Waals surface area contributed by atoms with Gasteiger partial charge in [-0.1, -0.05) is 0 Å². The minimum absolute atomic E-state index is 0.0188. The lowest BCUT2D eigenvalue weighted by atomic mass is 9.99. The number of rotatable bonds is 4. The standard InChI is InChI=1S/C12H24N2O2/c1-10(8-13(2)3)16-12(15)11-6-5-7-14(4)9-11/h10-11H,5-9H2,1-4H3/t10-,11-/m1/s1. The lowest BCUT2D eigenvalue weighted by Crippen LogP contribution is -2.39. The Morgan fingerprint density at radius 3 is 2.81 bits per heavy atom. The van der Waals surface area contributed by atoms with E-state index >= 15 is 0 Å². The first-order valence-corrected chi connectivity index (χ1v) is 6.03. The molecule has 0 amide bonds. The third kappa shape index (κ3) is 4.49. The van der Waals surface area contributed by atoms with Crippen molar-refractivity contribution in [3.8, 4) is 0 Å². The average Bonchev–Trinajstić information content (AvgIpc) is 2.16. The van der Waals surface area contributed by atoms with E-state index in [0.717, 1.165) is 32.5 Å². The maximum absolute atomic E-state index is 11.9. The smallest absolute Gasteiger partial charge is 0.310 e. The zero-order valence-electron chi connectivity index (χ0n) is 10.9. The number of hydrogen-bond donors (Lipinski definition) is 0. The second-order valence-electron chi connectivity index (χ2n) is 5.11. The highest BCUT2D eigenvalue weighted by Crippen LogP contribution is 2.17. The molecular weight excluding hydrogens is 204 g/mol. The van der Waals surface area contributed by atoms with Crippen molar-refractivity contribution in [1.29, 1.82) is 0 Å². The average molecular weight is 228 g/mol. The monoisotopic (exact) mass is 228 g/mol. The molecule has 0 N–H and O–H groups in total. The summed E-state index contributed by atoms with van der Waals surface area (Å²) in [5.41, 5.74) is 0. The molecule has 0 spiro atoms. The number of likely N-dealkylation sites (tertiary alicyclic amines) is 1. The third-order valence-electron chi connectivity index (χ3n) is 2.90. The van der Waals surface area contributed by atoms with Crippen molar-refractivity contribution in [2.75, 3.05) is 40.8 Å². The molecule has 0 aromatic carbocycles. The summed E-state index contributed by atoms with van der Waals surface area (Å²) < 4.78 is 5.44. The highest BCUT2D eigenvalue weighted by molar-refractivity contribution is 5.73. The van der Waals surface area contributed by atoms with Crippen LogP contribution in [0.3, 0.4) is 0 Å². The maximum Gasteiger partial charge on any atom is 0.310 e. The molecule has 1 rings (SSSR count). The van der Waals surface area contributed by atoms with Gasteiger partial charge in [-0.3, -0.25) is 4.79 Å². The molecule has 2 atom stereocenters. The minimum Gasteiger partial charge on any atom is -0.461 e. The van der Waals surface area contributed by atoms with E-state index in [4.69, 9.17) is 4.74 Å². The molecule has 0 aromatic heterocycles. The van der Waals surface area contributed by atoms with Gasteiger partial charge in [-0.15, -0.1) is 0 Å². The molecular formula is C12H24N2O2. The summed E-state index contributed by atoms with van der Waals surface area (Å²) in [5.74, 6) is 0.0456. The van der Waals surface area contributed by atoms with Gasteiger partial charge in [-0.05, 0) is 47.5 Å². The van der Waals surface area contributed by atoms with Crippen molar-refractivity contribution in [1.82, 2.24) is 9.80 Å². The van der Waals surface area contributed by atoms with Crippen LogP contribution in [0, 0.1) is 5.92 Å². The van der Waals surface area contributed by atoms with E-state index in [0.29, 0.717) is 0 Å². The van der Waals surface area contributed by atoms with E-state index in [1.807, 2.05) is 25.9 Å². The Balaban J connectivity index is 2.33. The summed E-state index contributed by atoms with van der Waals surface area (Å²) in [6.07, 6.45) is 2.05. The SMILES string of the molecule is C[C@H](CN(C)C)OC(=O)[C@@H]1CCCN(C)C1. The van der Waals surface area contributed by atoms with Crippen LogP contribution in [0.5, 0.6) is 0 Å². The molecule has 4 nitrogen and oxygen atoms in total. The fourth-order valence-electron chi connectivity index (χ4n) is 2.20. The second-order valence-corrected chi connectivity index (χ2v) is 5.11. The molecule has 1 saturated heterocycles. The van der Waals surface area contributed by atoms with Gasteiger partial charge in [0.15, 0.2) is 0 Å². The summed E-state index contributed by atoms with van der Waals surface area (Å²) in [6, 6.07) is 0. The molecule has 1 aliphatic heterocycles. The summed E-state index contributed by atoms with van der Waals surface area (Å²) in [4.78, 5) is 16.1. The fraction of sp³-hybridized carbons (Fsp3) is 0.917. The summed E-state index contributed by atoms with van der Waals surface area (Å²) in [6.45, 7) is 4.67. The Labute approximate surface area is 98.5 Å². The number of carbonyl (C=O) groups is 1. The van der Waals surface area contributed by atoms with Crippen LogP contribution in [-0.2, 0) is 9.53 Å². The van der Waals surface area contributed by atoms with E-state index in [9.17, 15) is 4.79 Å². The van der Waals surface area contributed by atoms with Gasteiger partial charge >= 0.3 is 5.97 Å². The molecule has 0 unspecified atom stereocenters. The normalized spacial score (nSPS) is 24.4. The maximum atomic E-state index is 11.9. The molecule has 0 aromatic rings. The van der Waals surface area contributed by atoms with Gasteiger partial charge in [0, 0.05) is 13.1 Å². The molecule has 0 radical (unpaired) electrons. The van der Waals surface area contributed by atoms with Crippen molar-refractivity contribution in [2.24, 2.45) is 5.92 Å². The van der Waals surface area contributed by atoms with Gasteiger partial charge in [0.25, 0.3) is 0 Å². The van der Waals surface area contributed by atoms with Crippen LogP contribution in [0.4, 0.5) is 0 Å². The van der Waals surface area contributed by atoms with Gasteiger partial charge in [-0.25, -0.2) is 0 Å². The first-order valence-electron chi connectivity index (χ1n) is 6.03. The van der Waals surface area contributed by atoms with E-state index < -0.39 is 0 Å². The lowest BCUT2D eigenvalue weighted by molar-refractivity contribution is -0.155. The van der Waals surface area contributed by atoms with E-state index in [1.165, 1.54) is 0 Å². The van der Waals surface area contributed by atoms with Crippen molar-refractivity contribution >= 4 is 5.97 Å². The van der Waals surface area contributed by atoms with E-state index in [2.05, 4.69) is 11.9 Å². The highest BCUT2D eigenvalue weighted by Gasteiger charge is 2.26. The Morgan fingerprint density at radius 2 is 2.25 bits per heavy atom. The van der Waals surface area contributed by atoms with Crippen LogP contribution in [0.2, 0.25) is 0 Å². The van der Waals surface area contributed by atoms with Crippen LogP contribution in [0.1, 0.15) is 19.8 Å². The number of piperidine rings is 1. The molecule has 94 valence electrons. The summed E-state index contributed by atoms with van der Waals surface area (Å²) in [5, 5.41) is 0. The van der Waals surface area contributed by atoms with E-state index in [1.54, 1.807) is 0 Å². The zero-order valence-corrected chi connectivity index (χ0v) is 10.9. The van der Waals surface area contributed by atoms with Crippen molar-refractivity contribution in [2.45, 2.75) is 25.9 Å².